The average molecular weight is 267 g/mol. The molecule has 1 amide bonds. The van der Waals surface area contributed by atoms with E-state index in [9.17, 15) is 9.90 Å². The molecule has 5 nitrogen and oxygen atoms in total. The fraction of sp³-hybridized carbons (Fsp3) is 0.0667. The van der Waals surface area contributed by atoms with Gasteiger partial charge < -0.3 is 10.4 Å². The van der Waals surface area contributed by atoms with Crippen molar-refractivity contribution in [3.63, 3.8) is 0 Å². The van der Waals surface area contributed by atoms with E-state index in [1.165, 1.54) is 0 Å². The molecule has 2 aromatic carbocycles. The van der Waals surface area contributed by atoms with Gasteiger partial charge in [-0.05, 0) is 35.9 Å². The number of benzene rings is 2. The van der Waals surface area contributed by atoms with Crippen LogP contribution in [0.1, 0.15) is 5.56 Å². The summed E-state index contributed by atoms with van der Waals surface area (Å²) < 4.78 is 0. The van der Waals surface area contributed by atoms with Crippen LogP contribution in [0.4, 0.5) is 5.69 Å². The van der Waals surface area contributed by atoms with Crippen molar-refractivity contribution >= 4 is 22.5 Å². The zero-order valence-corrected chi connectivity index (χ0v) is 10.6. The summed E-state index contributed by atoms with van der Waals surface area (Å²) in [6.45, 7) is 0. The molecule has 0 saturated carbocycles. The number of aromatic nitrogens is 2. The molecule has 5 heteroatoms. The van der Waals surface area contributed by atoms with Gasteiger partial charge in [-0.25, -0.2) is 0 Å². The van der Waals surface area contributed by atoms with Crippen LogP contribution >= 0.6 is 0 Å². The van der Waals surface area contributed by atoms with Gasteiger partial charge in [0.1, 0.15) is 5.75 Å². The lowest BCUT2D eigenvalue weighted by molar-refractivity contribution is -0.115. The summed E-state index contributed by atoms with van der Waals surface area (Å²) in [6.07, 6.45) is 2.00. The molecule has 1 heterocycles. The molecule has 0 aliphatic heterocycles. The SMILES string of the molecule is O=C(Cc1ccc(O)cc1)Nc1ccc2cn[nH]c2c1. The molecule has 1 aromatic heterocycles. The summed E-state index contributed by atoms with van der Waals surface area (Å²) in [5.41, 5.74) is 2.46. The molecule has 3 rings (SSSR count). The van der Waals surface area contributed by atoms with E-state index in [1.807, 2.05) is 18.2 Å². The van der Waals surface area contributed by atoms with Crippen molar-refractivity contribution in [2.24, 2.45) is 0 Å². The van der Waals surface area contributed by atoms with E-state index in [0.717, 1.165) is 22.2 Å². The normalized spacial score (nSPS) is 10.6. The van der Waals surface area contributed by atoms with E-state index in [0.29, 0.717) is 0 Å². The number of nitrogens with zero attached hydrogens (tertiary/aromatic N) is 1. The number of fused-ring (bicyclic) bond motifs is 1. The lowest BCUT2D eigenvalue weighted by Crippen LogP contribution is -2.14. The molecule has 0 unspecified atom stereocenters. The minimum Gasteiger partial charge on any atom is -0.508 e. The number of aromatic hydroxyl groups is 1. The minimum atomic E-state index is -0.102. The molecule has 0 radical (unpaired) electrons. The highest BCUT2D eigenvalue weighted by molar-refractivity contribution is 5.94. The fourth-order valence-electron chi connectivity index (χ4n) is 2.02. The van der Waals surface area contributed by atoms with Crippen LogP contribution in [0.2, 0.25) is 0 Å². The zero-order valence-electron chi connectivity index (χ0n) is 10.6. The Balaban J connectivity index is 1.70. The molecule has 100 valence electrons. The van der Waals surface area contributed by atoms with Crippen LogP contribution in [-0.4, -0.2) is 21.2 Å². The van der Waals surface area contributed by atoms with Gasteiger partial charge in [-0.3, -0.25) is 9.89 Å². The number of nitrogens with one attached hydrogen (secondary N) is 2. The first kappa shape index (κ1) is 12.2. The van der Waals surface area contributed by atoms with Crippen LogP contribution in [-0.2, 0) is 11.2 Å². The number of hydrogen-bond acceptors (Lipinski definition) is 3. The third-order valence-corrected chi connectivity index (χ3v) is 3.03. The third-order valence-electron chi connectivity index (χ3n) is 3.03. The Kier molecular flexibility index (Phi) is 3.09. The quantitative estimate of drug-likeness (QED) is 0.682. The Morgan fingerprint density at radius 3 is 2.80 bits per heavy atom. The summed E-state index contributed by atoms with van der Waals surface area (Å²) >= 11 is 0. The van der Waals surface area contributed by atoms with Crippen LogP contribution in [0.3, 0.4) is 0 Å². The first-order chi connectivity index (χ1) is 9.70. The Morgan fingerprint density at radius 2 is 2.00 bits per heavy atom. The second kappa shape index (κ2) is 5.05. The van der Waals surface area contributed by atoms with Crippen LogP contribution in [0, 0.1) is 0 Å². The Bertz CT molecular complexity index is 747. The van der Waals surface area contributed by atoms with Gasteiger partial charge >= 0.3 is 0 Å². The summed E-state index contributed by atoms with van der Waals surface area (Å²) in [5.74, 6) is 0.0911. The molecule has 0 spiro atoms. The second-order valence-electron chi connectivity index (χ2n) is 4.56. The summed E-state index contributed by atoms with van der Waals surface area (Å²) in [5, 5.41) is 19.8. The monoisotopic (exact) mass is 267 g/mol. The van der Waals surface area contributed by atoms with E-state index in [2.05, 4.69) is 15.5 Å². The van der Waals surface area contributed by atoms with Gasteiger partial charge in [0, 0.05) is 11.1 Å². The Hall–Kier alpha value is -2.82. The Labute approximate surface area is 115 Å². The van der Waals surface area contributed by atoms with Crippen molar-refractivity contribution in [1.82, 2.24) is 10.2 Å². The van der Waals surface area contributed by atoms with Gasteiger partial charge in [0.05, 0.1) is 18.1 Å². The lowest BCUT2D eigenvalue weighted by Gasteiger charge is -2.05. The molecule has 20 heavy (non-hydrogen) atoms. The maximum Gasteiger partial charge on any atom is 0.228 e. The number of phenolic OH excluding ortho intramolecular Hbond substituents is 1. The van der Waals surface area contributed by atoms with Crippen LogP contribution < -0.4 is 5.32 Å². The maximum atomic E-state index is 11.9. The van der Waals surface area contributed by atoms with E-state index in [-0.39, 0.29) is 18.1 Å². The number of carbonyl (C=O) groups is 1. The minimum absolute atomic E-state index is 0.102. The van der Waals surface area contributed by atoms with Gasteiger partial charge in [0.15, 0.2) is 0 Å². The molecule has 0 saturated heterocycles. The molecular formula is C15H13N3O2. The van der Waals surface area contributed by atoms with Gasteiger partial charge in [0.25, 0.3) is 0 Å². The number of H-pyrrole nitrogens is 1. The molecule has 0 atom stereocenters. The molecular weight excluding hydrogens is 254 g/mol. The molecule has 3 N–H and O–H groups in total. The number of rotatable bonds is 3. The van der Waals surface area contributed by atoms with Gasteiger partial charge in [-0.2, -0.15) is 5.10 Å². The van der Waals surface area contributed by atoms with E-state index in [1.54, 1.807) is 30.5 Å². The number of anilines is 1. The smallest absolute Gasteiger partial charge is 0.228 e. The van der Waals surface area contributed by atoms with E-state index in [4.69, 9.17) is 0 Å². The maximum absolute atomic E-state index is 11.9. The number of hydrogen-bond donors (Lipinski definition) is 3. The summed E-state index contributed by atoms with van der Waals surface area (Å²) in [7, 11) is 0. The van der Waals surface area contributed by atoms with Crippen molar-refractivity contribution in [2.45, 2.75) is 6.42 Å². The van der Waals surface area contributed by atoms with Crippen LogP contribution in [0.15, 0.2) is 48.7 Å². The first-order valence-corrected chi connectivity index (χ1v) is 6.21. The molecule has 0 fully saturated rings. The summed E-state index contributed by atoms with van der Waals surface area (Å²) in [4.78, 5) is 11.9. The van der Waals surface area contributed by atoms with Gasteiger partial charge in [0.2, 0.25) is 5.91 Å². The second-order valence-corrected chi connectivity index (χ2v) is 4.56. The predicted molar refractivity (Wildman–Crippen MR) is 76.5 cm³/mol. The number of phenols is 1. The zero-order chi connectivity index (χ0) is 13.9. The van der Waals surface area contributed by atoms with Gasteiger partial charge in [-0.15, -0.1) is 0 Å². The lowest BCUT2D eigenvalue weighted by atomic mass is 10.1. The summed E-state index contributed by atoms with van der Waals surface area (Å²) in [6, 6.07) is 12.2. The largest absolute Gasteiger partial charge is 0.508 e. The highest BCUT2D eigenvalue weighted by Crippen LogP contribution is 2.17. The third kappa shape index (κ3) is 2.61. The highest BCUT2D eigenvalue weighted by atomic mass is 16.3. The van der Waals surface area contributed by atoms with Gasteiger partial charge in [-0.1, -0.05) is 12.1 Å². The standard InChI is InChI=1S/C15H13N3O2/c19-13-5-1-10(2-6-13)7-15(20)17-12-4-3-11-9-16-18-14(11)8-12/h1-6,8-9,19H,7H2,(H,16,18)(H,17,20). The van der Waals surface area contributed by atoms with Crippen molar-refractivity contribution in [3.8, 4) is 5.75 Å². The number of carbonyl (C=O) groups excluding carboxylic acids is 1. The molecule has 0 aliphatic rings. The van der Waals surface area contributed by atoms with E-state index >= 15 is 0 Å². The Morgan fingerprint density at radius 1 is 1.20 bits per heavy atom. The predicted octanol–water partition coefficient (Wildman–Crippen LogP) is 2.45. The highest BCUT2D eigenvalue weighted by Gasteiger charge is 2.05. The molecule has 3 aromatic rings. The molecule has 0 bridgehead atoms. The number of amides is 1. The fourth-order valence-corrected chi connectivity index (χ4v) is 2.02. The van der Waals surface area contributed by atoms with Crippen molar-refractivity contribution < 1.29 is 9.90 Å². The molecule has 0 aliphatic carbocycles. The van der Waals surface area contributed by atoms with Crippen molar-refractivity contribution in [1.29, 1.82) is 0 Å². The first-order valence-electron chi connectivity index (χ1n) is 6.21. The van der Waals surface area contributed by atoms with E-state index < -0.39 is 0 Å². The van der Waals surface area contributed by atoms with Crippen molar-refractivity contribution in [3.05, 3.63) is 54.2 Å². The van der Waals surface area contributed by atoms with Crippen LogP contribution in [0.5, 0.6) is 5.75 Å². The van der Waals surface area contributed by atoms with Crippen molar-refractivity contribution in [2.75, 3.05) is 5.32 Å². The number of aromatic amines is 1. The van der Waals surface area contributed by atoms with Crippen LogP contribution in [0.25, 0.3) is 10.9 Å². The topological polar surface area (TPSA) is 78.0 Å². The average Bonchev–Trinajstić information content (AvgIpc) is 2.89.